The zero-order chi connectivity index (χ0) is 39.9. The number of phosphoric ester groups is 1. The van der Waals surface area contributed by atoms with Crippen LogP contribution in [0.2, 0.25) is 0 Å². The fourth-order valence-corrected chi connectivity index (χ4v) is 6.29. The summed E-state index contributed by atoms with van der Waals surface area (Å²) in [5.41, 5.74) is 1.33. The highest BCUT2D eigenvalue weighted by Crippen LogP contribution is 2.37. The van der Waals surface area contributed by atoms with Crippen LogP contribution in [0.4, 0.5) is 9.59 Å². The average Bonchev–Trinajstić information content (AvgIpc) is 3.77. The van der Waals surface area contributed by atoms with Gasteiger partial charge in [0.05, 0.1) is 23.7 Å². The van der Waals surface area contributed by atoms with E-state index in [1.807, 2.05) is 55.5 Å². The van der Waals surface area contributed by atoms with Gasteiger partial charge in [-0.25, -0.2) is 18.9 Å². The SMILES string of the molecule is C[C@@H](NC(=O)[C@@](C)(Cc1cn(C(=O)OCOC(=O)c2ccc(COP(=O)(O)O)cc2)c2ccccc12)NC(=O)OCc1cc2ccccc2o1)c1ccccc1. The van der Waals surface area contributed by atoms with Crippen LogP contribution in [-0.4, -0.2) is 50.7 Å². The molecule has 0 aliphatic carbocycles. The monoisotopic (exact) mass is 783 g/mol. The summed E-state index contributed by atoms with van der Waals surface area (Å²) < 4.78 is 38.3. The number of rotatable bonds is 14. The molecule has 0 bridgehead atoms. The molecule has 290 valence electrons. The summed E-state index contributed by atoms with van der Waals surface area (Å²) in [6, 6.07) is 30.5. The molecule has 2 amide bonds. The van der Waals surface area contributed by atoms with Crippen molar-refractivity contribution in [1.82, 2.24) is 15.2 Å². The lowest BCUT2D eigenvalue weighted by molar-refractivity contribution is -0.127. The summed E-state index contributed by atoms with van der Waals surface area (Å²) in [7, 11) is -4.66. The van der Waals surface area contributed by atoms with Gasteiger partial charge in [0.2, 0.25) is 12.7 Å². The molecular formula is C40H38N3O12P. The maximum absolute atomic E-state index is 14.1. The van der Waals surface area contributed by atoms with Crippen LogP contribution in [0.5, 0.6) is 0 Å². The predicted octanol–water partition coefficient (Wildman–Crippen LogP) is 6.90. The molecule has 15 nitrogen and oxygen atoms in total. The number of aromatic nitrogens is 1. The third-order valence-electron chi connectivity index (χ3n) is 8.84. The highest BCUT2D eigenvalue weighted by atomic mass is 31.2. The van der Waals surface area contributed by atoms with Crippen molar-refractivity contribution in [2.24, 2.45) is 0 Å². The van der Waals surface area contributed by atoms with E-state index in [0.717, 1.165) is 10.9 Å². The van der Waals surface area contributed by atoms with Crippen molar-refractivity contribution in [2.75, 3.05) is 6.79 Å². The first kappa shape index (κ1) is 39.4. The molecule has 2 heterocycles. The number of furan rings is 1. The number of para-hydroxylation sites is 2. The van der Waals surface area contributed by atoms with E-state index in [4.69, 9.17) is 28.4 Å². The van der Waals surface area contributed by atoms with Crippen molar-refractivity contribution in [1.29, 1.82) is 0 Å². The third-order valence-corrected chi connectivity index (χ3v) is 9.31. The Labute approximate surface area is 320 Å². The molecule has 56 heavy (non-hydrogen) atoms. The van der Waals surface area contributed by atoms with E-state index in [0.29, 0.717) is 33.4 Å². The van der Waals surface area contributed by atoms with Gasteiger partial charge in [-0.2, -0.15) is 0 Å². The van der Waals surface area contributed by atoms with Crippen LogP contribution in [0.15, 0.2) is 120 Å². The van der Waals surface area contributed by atoms with Crippen molar-refractivity contribution >= 4 is 53.8 Å². The molecule has 0 spiro atoms. The molecule has 16 heteroatoms. The van der Waals surface area contributed by atoms with Gasteiger partial charge >= 0.3 is 26.0 Å². The maximum Gasteiger partial charge on any atom is 0.469 e. The van der Waals surface area contributed by atoms with Crippen molar-refractivity contribution in [2.45, 2.75) is 45.1 Å². The van der Waals surface area contributed by atoms with Crippen LogP contribution in [0.25, 0.3) is 21.9 Å². The topological polar surface area (TPSA) is 205 Å². The molecule has 2 aromatic heterocycles. The number of amides is 2. The number of hydrogen-bond donors (Lipinski definition) is 4. The van der Waals surface area contributed by atoms with Gasteiger partial charge in [0.1, 0.15) is 16.9 Å². The van der Waals surface area contributed by atoms with Crippen molar-refractivity contribution < 1.29 is 56.7 Å². The van der Waals surface area contributed by atoms with Crippen LogP contribution in [-0.2, 0) is 47.7 Å². The molecule has 0 fully saturated rings. The number of nitrogens with zero attached hydrogens (tertiary/aromatic N) is 1. The van der Waals surface area contributed by atoms with Crippen LogP contribution < -0.4 is 10.6 Å². The Kier molecular flexibility index (Phi) is 12.0. The first-order chi connectivity index (χ1) is 26.8. The van der Waals surface area contributed by atoms with Gasteiger partial charge < -0.3 is 39.0 Å². The highest BCUT2D eigenvalue weighted by Gasteiger charge is 2.38. The number of hydrogen-bond acceptors (Lipinski definition) is 10. The molecule has 6 rings (SSSR count). The smallest absolute Gasteiger partial charge is 0.457 e. The van der Waals surface area contributed by atoms with Crippen LogP contribution >= 0.6 is 7.82 Å². The second-order valence-electron chi connectivity index (χ2n) is 13.0. The number of nitrogens with one attached hydrogen (secondary N) is 2. The fourth-order valence-electron chi connectivity index (χ4n) is 5.97. The Bertz CT molecular complexity index is 2370. The molecule has 0 saturated carbocycles. The number of carbonyl (C=O) groups is 4. The van der Waals surface area contributed by atoms with Gasteiger partial charge in [-0.3, -0.25) is 13.9 Å². The third kappa shape index (κ3) is 9.88. The molecule has 0 saturated heterocycles. The van der Waals surface area contributed by atoms with E-state index in [9.17, 15) is 23.7 Å². The van der Waals surface area contributed by atoms with Gasteiger partial charge in [-0.1, -0.05) is 78.9 Å². The van der Waals surface area contributed by atoms with Crippen molar-refractivity contribution in [3.63, 3.8) is 0 Å². The Morgan fingerprint density at radius 2 is 1.55 bits per heavy atom. The number of carbonyl (C=O) groups excluding carboxylic acids is 4. The molecule has 0 radical (unpaired) electrons. The summed E-state index contributed by atoms with van der Waals surface area (Å²) in [6.45, 7) is 2.09. The molecule has 4 aromatic carbocycles. The Morgan fingerprint density at radius 1 is 0.857 bits per heavy atom. The molecule has 0 aliphatic heterocycles. The van der Waals surface area contributed by atoms with Crippen LogP contribution in [0.1, 0.15) is 52.7 Å². The van der Waals surface area contributed by atoms with Gasteiger partial charge in [0.25, 0.3) is 0 Å². The zero-order valence-electron chi connectivity index (χ0n) is 30.2. The van der Waals surface area contributed by atoms with E-state index in [-0.39, 0.29) is 25.2 Å². The Hall–Kier alpha value is -6.25. The van der Waals surface area contributed by atoms with Crippen LogP contribution in [0.3, 0.4) is 0 Å². The van der Waals surface area contributed by atoms with Crippen molar-refractivity contribution in [3.05, 3.63) is 143 Å². The molecule has 4 N–H and O–H groups in total. The zero-order valence-corrected chi connectivity index (χ0v) is 31.1. The normalized spacial score (nSPS) is 13.1. The largest absolute Gasteiger partial charge is 0.469 e. The highest BCUT2D eigenvalue weighted by molar-refractivity contribution is 7.46. The minimum Gasteiger partial charge on any atom is -0.457 e. The summed E-state index contributed by atoms with van der Waals surface area (Å²) in [6.07, 6.45) is -0.344. The Morgan fingerprint density at radius 3 is 2.29 bits per heavy atom. The summed E-state index contributed by atoms with van der Waals surface area (Å²) >= 11 is 0. The maximum atomic E-state index is 14.1. The van der Waals surface area contributed by atoms with Gasteiger partial charge in [-0.15, -0.1) is 0 Å². The number of esters is 1. The fraction of sp³-hybridized carbons (Fsp3) is 0.200. The average molecular weight is 784 g/mol. The minimum absolute atomic E-state index is 0.0783. The second-order valence-corrected chi connectivity index (χ2v) is 14.3. The van der Waals surface area contributed by atoms with Gasteiger partial charge in [0, 0.05) is 23.4 Å². The van der Waals surface area contributed by atoms with E-state index < -0.39 is 50.3 Å². The summed E-state index contributed by atoms with van der Waals surface area (Å²) in [5.74, 6) is -0.909. The molecule has 0 unspecified atom stereocenters. The standard InChI is InChI=1S/C40H38N3O12P/c1-26(28-10-4-3-5-11-28)41-37(45)40(2,42-38(46)51-24-32-20-30-12-6-9-15-35(30)55-32)21-31-22-43(34-14-8-7-13-33(31)34)39(47)53-25-52-36(44)29-18-16-27(17-19-29)23-54-56(48,49)50/h3-20,22,26H,21,23-25H2,1-2H3,(H,41,45)(H,42,46)(H2,48,49,50)/t26-,40-/m1/s1. The van der Waals surface area contributed by atoms with E-state index in [1.165, 1.54) is 35.0 Å². The number of fused-ring (bicyclic) bond motifs is 2. The first-order valence-electron chi connectivity index (χ1n) is 17.3. The minimum atomic E-state index is -4.66. The molecule has 6 aromatic rings. The quantitative estimate of drug-likeness (QED) is 0.0506. The lowest BCUT2D eigenvalue weighted by atomic mass is 9.91. The van der Waals surface area contributed by atoms with Crippen molar-refractivity contribution in [3.8, 4) is 0 Å². The molecule has 0 aliphatic rings. The summed E-state index contributed by atoms with van der Waals surface area (Å²) in [4.78, 5) is 71.1. The van der Waals surface area contributed by atoms with E-state index in [1.54, 1.807) is 43.3 Å². The molecule has 2 atom stereocenters. The number of alkyl carbamates (subject to hydrolysis) is 1. The number of ether oxygens (including phenoxy) is 3. The predicted molar refractivity (Wildman–Crippen MR) is 202 cm³/mol. The van der Waals surface area contributed by atoms with Crippen LogP contribution in [0, 0.1) is 0 Å². The summed E-state index contributed by atoms with van der Waals surface area (Å²) in [5, 5.41) is 7.17. The molecular weight excluding hydrogens is 745 g/mol. The lowest BCUT2D eigenvalue weighted by Gasteiger charge is -2.30. The van der Waals surface area contributed by atoms with E-state index >= 15 is 0 Å². The first-order valence-corrected chi connectivity index (χ1v) is 18.8. The Balaban J connectivity index is 1.16. The second kappa shape index (κ2) is 17.0. The lowest BCUT2D eigenvalue weighted by Crippen LogP contribution is -2.58. The number of benzene rings is 4. The van der Waals surface area contributed by atoms with Gasteiger partial charge in [0.15, 0.2) is 6.61 Å². The van der Waals surface area contributed by atoms with Gasteiger partial charge in [-0.05, 0) is 60.9 Å². The van der Waals surface area contributed by atoms with E-state index in [2.05, 4.69) is 15.2 Å². The number of phosphoric acid groups is 1.